The lowest BCUT2D eigenvalue weighted by atomic mass is 10.1. The van der Waals surface area contributed by atoms with Crippen molar-refractivity contribution in [2.45, 2.75) is 12.9 Å². The average Bonchev–Trinajstić information content (AvgIpc) is 2.57. The standard InChI is InChI=1S/C16H17F3N4O3/c17-16(18,19)26-12-1-2-13(24)11(7-12)9-22-3-5-23(6-4-22)14-8-15(25)21-10-20-14/h1-2,7-8,10,24H,3-6,9H2,(H,20,21,25). The van der Waals surface area contributed by atoms with Gasteiger partial charge in [0, 0.05) is 44.4 Å². The molecule has 2 aromatic rings. The molecule has 7 nitrogen and oxygen atoms in total. The monoisotopic (exact) mass is 370 g/mol. The summed E-state index contributed by atoms with van der Waals surface area (Å²) in [6.07, 6.45) is -3.44. The van der Waals surface area contributed by atoms with Crippen LogP contribution < -0.4 is 15.2 Å². The number of phenols is 1. The smallest absolute Gasteiger partial charge is 0.508 e. The normalized spacial score (nSPS) is 15.9. The van der Waals surface area contributed by atoms with Crippen LogP contribution in [-0.4, -0.2) is 52.5 Å². The maximum atomic E-state index is 12.3. The number of aromatic nitrogens is 2. The molecule has 0 saturated carbocycles. The molecule has 0 radical (unpaired) electrons. The van der Waals surface area contributed by atoms with E-state index in [1.54, 1.807) is 0 Å². The fourth-order valence-corrected chi connectivity index (χ4v) is 2.79. The number of nitrogens with one attached hydrogen (secondary N) is 1. The summed E-state index contributed by atoms with van der Waals surface area (Å²) in [5, 5.41) is 9.90. The molecule has 26 heavy (non-hydrogen) atoms. The fraction of sp³-hybridized carbons (Fsp3) is 0.375. The first-order valence-corrected chi connectivity index (χ1v) is 7.90. The number of piperazine rings is 1. The minimum Gasteiger partial charge on any atom is -0.508 e. The molecule has 0 aliphatic carbocycles. The molecule has 10 heteroatoms. The fourth-order valence-electron chi connectivity index (χ4n) is 2.79. The van der Waals surface area contributed by atoms with Crippen molar-refractivity contribution in [3.8, 4) is 11.5 Å². The van der Waals surface area contributed by atoms with Gasteiger partial charge in [-0.3, -0.25) is 9.69 Å². The predicted molar refractivity (Wildman–Crippen MR) is 87.1 cm³/mol. The molecule has 1 fully saturated rings. The minimum absolute atomic E-state index is 0.0850. The van der Waals surface area contributed by atoms with Gasteiger partial charge in [-0.2, -0.15) is 0 Å². The number of hydrogen-bond acceptors (Lipinski definition) is 6. The van der Waals surface area contributed by atoms with Crippen LogP contribution in [0.4, 0.5) is 19.0 Å². The molecule has 3 rings (SSSR count). The Morgan fingerprint density at radius 1 is 1.19 bits per heavy atom. The molecule has 1 aromatic heterocycles. The number of nitrogens with zero attached hydrogens (tertiary/aromatic N) is 3. The van der Waals surface area contributed by atoms with E-state index in [4.69, 9.17) is 0 Å². The van der Waals surface area contributed by atoms with Crippen molar-refractivity contribution < 1.29 is 23.0 Å². The second-order valence-electron chi connectivity index (χ2n) is 5.87. The number of rotatable bonds is 4. The number of halogens is 3. The highest BCUT2D eigenvalue weighted by atomic mass is 19.4. The largest absolute Gasteiger partial charge is 0.573 e. The van der Waals surface area contributed by atoms with Gasteiger partial charge in [-0.15, -0.1) is 13.2 Å². The number of H-pyrrole nitrogens is 1. The number of aromatic amines is 1. The van der Waals surface area contributed by atoms with Crippen molar-refractivity contribution in [2.24, 2.45) is 0 Å². The first-order valence-electron chi connectivity index (χ1n) is 7.90. The lowest BCUT2D eigenvalue weighted by molar-refractivity contribution is -0.274. The zero-order chi connectivity index (χ0) is 18.7. The van der Waals surface area contributed by atoms with Crippen LogP contribution >= 0.6 is 0 Å². The number of benzene rings is 1. The van der Waals surface area contributed by atoms with Crippen LogP contribution in [0.1, 0.15) is 5.56 Å². The Kier molecular flexibility index (Phi) is 5.03. The molecule has 0 bridgehead atoms. The second-order valence-corrected chi connectivity index (χ2v) is 5.87. The Balaban J connectivity index is 1.62. The Hall–Kier alpha value is -2.75. The third-order valence-corrected chi connectivity index (χ3v) is 4.04. The number of alkyl halides is 3. The quantitative estimate of drug-likeness (QED) is 0.853. The number of anilines is 1. The van der Waals surface area contributed by atoms with E-state index in [0.29, 0.717) is 37.6 Å². The van der Waals surface area contributed by atoms with Crippen molar-refractivity contribution in [2.75, 3.05) is 31.1 Å². The highest BCUT2D eigenvalue weighted by Crippen LogP contribution is 2.29. The summed E-state index contributed by atoms with van der Waals surface area (Å²) in [5.74, 6) is 0.131. The van der Waals surface area contributed by atoms with Gasteiger partial charge < -0.3 is 19.7 Å². The van der Waals surface area contributed by atoms with Gasteiger partial charge in [-0.1, -0.05) is 0 Å². The van der Waals surface area contributed by atoms with Crippen LogP contribution in [0.3, 0.4) is 0 Å². The number of phenolic OH excluding ortho intramolecular Hbond substituents is 1. The predicted octanol–water partition coefficient (Wildman–Crippen LogP) is 1.70. The third kappa shape index (κ3) is 4.66. The summed E-state index contributed by atoms with van der Waals surface area (Å²) in [6, 6.07) is 4.86. The van der Waals surface area contributed by atoms with E-state index in [9.17, 15) is 23.1 Å². The van der Waals surface area contributed by atoms with Gasteiger partial charge >= 0.3 is 6.36 Å². The van der Waals surface area contributed by atoms with E-state index in [1.807, 2.05) is 9.80 Å². The van der Waals surface area contributed by atoms with E-state index in [1.165, 1.54) is 24.5 Å². The Morgan fingerprint density at radius 3 is 2.58 bits per heavy atom. The minimum atomic E-state index is -4.78. The highest BCUT2D eigenvalue weighted by molar-refractivity contribution is 5.40. The zero-order valence-corrected chi connectivity index (χ0v) is 13.7. The van der Waals surface area contributed by atoms with Crippen LogP contribution in [0.25, 0.3) is 0 Å². The Labute approximate surface area is 146 Å². The zero-order valence-electron chi connectivity index (χ0n) is 13.7. The first kappa shape index (κ1) is 18.1. The van der Waals surface area contributed by atoms with Gasteiger partial charge in [0.25, 0.3) is 5.56 Å². The summed E-state index contributed by atoms with van der Waals surface area (Å²) >= 11 is 0. The van der Waals surface area contributed by atoms with Crippen molar-refractivity contribution in [1.82, 2.24) is 14.9 Å². The van der Waals surface area contributed by atoms with E-state index >= 15 is 0 Å². The van der Waals surface area contributed by atoms with Crippen LogP contribution in [-0.2, 0) is 6.54 Å². The molecule has 2 N–H and O–H groups in total. The third-order valence-electron chi connectivity index (χ3n) is 4.04. The number of hydrogen-bond donors (Lipinski definition) is 2. The number of aromatic hydroxyl groups is 1. The summed E-state index contributed by atoms with van der Waals surface area (Å²) in [7, 11) is 0. The van der Waals surface area contributed by atoms with E-state index in [-0.39, 0.29) is 23.6 Å². The lowest BCUT2D eigenvalue weighted by Crippen LogP contribution is -2.46. The molecule has 0 unspecified atom stereocenters. The van der Waals surface area contributed by atoms with E-state index in [2.05, 4.69) is 14.7 Å². The second kappa shape index (κ2) is 7.24. The molecule has 0 spiro atoms. The lowest BCUT2D eigenvalue weighted by Gasteiger charge is -2.35. The van der Waals surface area contributed by atoms with Gasteiger partial charge in [-0.25, -0.2) is 4.98 Å². The Bertz CT molecular complexity index is 817. The molecule has 1 saturated heterocycles. The average molecular weight is 370 g/mol. The van der Waals surface area contributed by atoms with Gasteiger partial charge in [0.2, 0.25) is 0 Å². The highest BCUT2D eigenvalue weighted by Gasteiger charge is 2.31. The van der Waals surface area contributed by atoms with Crippen LogP contribution in [0.2, 0.25) is 0 Å². The molecule has 1 aromatic carbocycles. The SMILES string of the molecule is O=c1cc(N2CCN(Cc3cc(OC(F)(F)F)ccc3O)CC2)nc[nH]1. The maximum absolute atomic E-state index is 12.3. The van der Waals surface area contributed by atoms with Crippen molar-refractivity contribution in [3.63, 3.8) is 0 Å². The summed E-state index contributed by atoms with van der Waals surface area (Å²) < 4.78 is 40.9. The van der Waals surface area contributed by atoms with Crippen molar-refractivity contribution in [3.05, 3.63) is 46.5 Å². The first-order chi connectivity index (χ1) is 12.3. The summed E-state index contributed by atoms with van der Waals surface area (Å²) in [4.78, 5) is 21.9. The maximum Gasteiger partial charge on any atom is 0.573 e. The van der Waals surface area contributed by atoms with Crippen molar-refractivity contribution in [1.29, 1.82) is 0 Å². The molecule has 0 amide bonds. The molecule has 1 aliphatic heterocycles. The van der Waals surface area contributed by atoms with Crippen LogP contribution in [0, 0.1) is 0 Å². The molecular formula is C16H17F3N4O3. The summed E-state index contributed by atoms with van der Waals surface area (Å²) in [6.45, 7) is 2.72. The van der Waals surface area contributed by atoms with Crippen LogP contribution in [0.15, 0.2) is 35.4 Å². The molecule has 0 atom stereocenters. The topological polar surface area (TPSA) is 81.7 Å². The van der Waals surface area contributed by atoms with Crippen molar-refractivity contribution >= 4 is 5.82 Å². The van der Waals surface area contributed by atoms with Gasteiger partial charge in [0.15, 0.2) is 0 Å². The molecule has 1 aliphatic rings. The Morgan fingerprint density at radius 2 is 1.92 bits per heavy atom. The van der Waals surface area contributed by atoms with Crippen LogP contribution in [0.5, 0.6) is 11.5 Å². The van der Waals surface area contributed by atoms with E-state index in [0.717, 1.165) is 6.07 Å². The molecular weight excluding hydrogens is 353 g/mol. The van der Waals surface area contributed by atoms with Gasteiger partial charge in [0.05, 0.1) is 6.33 Å². The van der Waals surface area contributed by atoms with Gasteiger partial charge in [0.1, 0.15) is 17.3 Å². The number of ether oxygens (including phenoxy) is 1. The summed E-state index contributed by atoms with van der Waals surface area (Å²) in [5.41, 5.74) is 0.123. The van der Waals surface area contributed by atoms with E-state index < -0.39 is 6.36 Å². The molecule has 2 heterocycles. The van der Waals surface area contributed by atoms with Gasteiger partial charge in [-0.05, 0) is 18.2 Å². The molecule has 140 valence electrons.